The van der Waals surface area contributed by atoms with Crippen molar-refractivity contribution in [2.24, 2.45) is 10.7 Å². The normalized spacial score (nSPS) is 16.2. The highest BCUT2D eigenvalue weighted by atomic mass is 32.2. The fourth-order valence-electron chi connectivity index (χ4n) is 4.40. The van der Waals surface area contributed by atoms with Gasteiger partial charge in [0.15, 0.2) is 0 Å². The van der Waals surface area contributed by atoms with Crippen molar-refractivity contribution in [1.82, 2.24) is 10.0 Å². The highest BCUT2D eigenvalue weighted by molar-refractivity contribution is 7.90. The summed E-state index contributed by atoms with van der Waals surface area (Å²) in [6, 6.07) is -0.526. The maximum atomic E-state index is 13.3. The predicted octanol–water partition coefficient (Wildman–Crippen LogP) is 3.18. The van der Waals surface area contributed by atoms with Gasteiger partial charge in [0.1, 0.15) is 24.0 Å². The minimum absolute atomic E-state index is 0.136. The second kappa shape index (κ2) is 11.2. The Morgan fingerprint density at radius 1 is 1.25 bits per heavy atom. The molecule has 0 saturated carbocycles. The number of carbonyl (C=O) groups excluding carboxylic acids is 1. The van der Waals surface area contributed by atoms with Crippen LogP contribution in [0.2, 0.25) is 0 Å². The third-order valence-electron chi connectivity index (χ3n) is 5.97. The third-order valence-corrected chi connectivity index (χ3v) is 7.60. The monoisotopic (exact) mass is 522 g/mol. The van der Waals surface area contributed by atoms with Crippen LogP contribution in [0.15, 0.2) is 22.5 Å². The summed E-state index contributed by atoms with van der Waals surface area (Å²) in [6.45, 7) is 19.2. The molecule has 0 fully saturated rings. The Morgan fingerprint density at radius 2 is 1.89 bits per heavy atom. The molecular weight excluding hydrogens is 480 g/mol. The van der Waals surface area contributed by atoms with Crippen LogP contribution >= 0.6 is 0 Å². The lowest BCUT2D eigenvalue weighted by Crippen LogP contribution is -2.48. The molecule has 9 nitrogen and oxygen atoms in total. The fraction of sp³-hybridized carbons (Fsp3) is 0.615. The van der Waals surface area contributed by atoms with Crippen molar-refractivity contribution >= 4 is 22.0 Å². The van der Waals surface area contributed by atoms with Gasteiger partial charge in [-0.2, -0.15) is 0 Å². The molecule has 1 atom stereocenters. The number of hydrogen-bond donors (Lipinski definition) is 3. The van der Waals surface area contributed by atoms with E-state index in [0.29, 0.717) is 29.7 Å². The maximum absolute atomic E-state index is 13.3. The van der Waals surface area contributed by atoms with Crippen LogP contribution in [-0.2, 0) is 26.0 Å². The molecule has 1 heterocycles. The molecule has 202 valence electrons. The number of rotatable bonds is 10. The topological polar surface area (TPSA) is 132 Å². The van der Waals surface area contributed by atoms with Crippen LogP contribution in [0.25, 0.3) is 0 Å². The van der Waals surface area contributed by atoms with E-state index in [-0.39, 0.29) is 35.5 Å². The number of esters is 1. The molecule has 36 heavy (non-hydrogen) atoms. The summed E-state index contributed by atoms with van der Waals surface area (Å²) in [4.78, 5) is 16.7. The summed E-state index contributed by atoms with van der Waals surface area (Å²) in [5, 5.41) is 3.24. The second-order valence-electron chi connectivity index (χ2n) is 10.9. The summed E-state index contributed by atoms with van der Waals surface area (Å²) in [5.74, 6) is 0.0493. The molecule has 10 heteroatoms. The quantitative estimate of drug-likeness (QED) is 0.141. The molecule has 0 amide bonds. The molecular formula is C26H42N4O5S. The lowest BCUT2D eigenvalue weighted by atomic mass is 9.93. The molecule has 1 aromatic carbocycles. The van der Waals surface area contributed by atoms with Crippen LogP contribution in [0.3, 0.4) is 0 Å². The highest BCUT2D eigenvalue weighted by Gasteiger charge is 2.36. The Balaban J connectivity index is 2.12. The van der Waals surface area contributed by atoms with E-state index in [1.807, 2.05) is 41.5 Å². The van der Waals surface area contributed by atoms with Gasteiger partial charge in [-0.1, -0.05) is 12.7 Å². The van der Waals surface area contributed by atoms with Gasteiger partial charge in [0.25, 0.3) is 10.0 Å². The molecule has 2 rings (SSSR count). The maximum Gasteiger partial charge on any atom is 0.323 e. The highest BCUT2D eigenvalue weighted by Crippen LogP contribution is 2.43. The number of hydrogen-bond acceptors (Lipinski definition) is 7. The van der Waals surface area contributed by atoms with Crippen LogP contribution in [0, 0.1) is 20.8 Å². The zero-order valence-electron chi connectivity index (χ0n) is 22.9. The first-order valence-corrected chi connectivity index (χ1v) is 13.7. The molecule has 1 aliphatic rings. The average Bonchev–Trinajstić information content (AvgIpc) is 3.07. The van der Waals surface area contributed by atoms with Crippen molar-refractivity contribution in [2.75, 3.05) is 13.2 Å². The van der Waals surface area contributed by atoms with E-state index in [2.05, 4.69) is 21.6 Å². The van der Waals surface area contributed by atoms with Gasteiger partial charge < -0.3 is 15.2 Å². The smallest absolute Gasteiger partial charge is 0.323 e. The Bertz CT molecular complexity index is 1130. The van der Waals surface area contributed by atoms with Crippen molar-refractivity contribution in [3.63, 3.8) is 0 Å². The van der Waals surface area contributed by atoms with Gasteiger partial charge in [-0.15, -0.1) is 0 Å². The largest absolute Gasteiger partial charge is 0.487 e. The number of guanidine groups is 1. The van der Waals surface area contributed by atoms with E-state index in [1.54, 1.807) is 13.8 Å². The molecule has 1 aliphatic heterocycles. The van der Waals surface area contributed by atoms with Gasteiger partial charge in [-0.25, -0.2) is 13.1 Å². The molecule has 0 aliphatic carbocycles. The van der Waals surface area contributed by atoms with E-state index in [1.165, 1.54) is 6.08 Å². The number of ether oxygens (including phenoxy) is 2. The van der Waals surface area contributed by atoms with Crippen molar-refractivity contribution in [3.05, 3.63) is 34.9 Å². The molecule has 0 radical (unpaired) electrons. The lowest BCUT2D eigenvalue weighted by Gasteiger charge is -2.27. The van der Waals surface area contributed by atoms with Gasteiger partial charge in [0.2, 0.25) is 5.96 Å². The summed E-state index contributed by atoms with van der Waals surface area (Å²) in [5.41, 5.74) is 8.44. The zero-order chi connectivity index (χ0) is 27.5. The lowest BCUT2D eigenvalue weighted by molar-refractivity contribution is -0.145. The van der Waals surface area contributed by atoms with E-state index in [0.717, 1.165) is 17.5 Å². The van der Waals surface area contributed by atoms with Gasteiger partial charge in [0.05, 0.1) is 4.90 Å². The van der Waals surface area contributed by atoms with Gasteiger partial charge in [-0.05, 0) is 79.4 Å². The standard InChI is InChI=1S/C26H42N4O5S/c1-10-14-34-23(31)20(29-25(5,6)7)12-11-13-28-24(27)30-36(32,33)22-17(3)16(2)19-15-26(8,9)35-21(19)18(22)4/h10,20,29H,1,11-15H2,2-9H3,(H3,27,28,30)/t20-/m0/s1. The first-order valence-electron chi connectivity index (χ1n) is 12.2. The Labute approximate surface area is 216 Å². The Morgan fingerprint density at radius 3 is 2.47 bits per heavy atom. The van der Waals surface area contributed by atoms with Crippen molar-refractivity contribution < 1.29 is 22.7 Å². The number of aliphatic imine (C=N–C) groups is 1. The van der Waals surface area contributed by atoms with Gasteiger partial charge >= 0.3 is 5.97 Å². The second-order valence-corrected chi connectivity index (χ2v) is 12.5. The molecule has 0 unspecified atom stereocenters. The van der Waals surface area contributed by atoms with E-state index < -0.39 is 21.7 Å². The molecule has 0 bridgehead atoms. The van der Waals surface area contributed by atoms with Crippen LogP contribution in [0.5, 0.6) is 5.75 Å². The summed E-state index contributed by atoms with van der Waals surface area (Å²) in [6.07, 6.45) is 3.19. The first-order chi connectivity index (χ1) is 16.5. The fourth-order valence-corrected chi connectivity index (χ4v) is 5.89. The van der Waals surface area contributed by atoms with Crippen LogP contribution < -0.4 is 20.5 Å². The Kier molecular flexibility index (Phi) is 9.23. The average molecular weight is 523 g/mol. The van der Waals surface area contributed by atoms with E-state index in [9.17, 15) is 13.2 Å². The van der Waals surface area contributed by atoms with E-state index in [4.69, 9.17) is 15.2 Å². The number of nitrogens with zero attached hydrogens (tertiary/aromatic N) is 1. The third kappa shape index (κ3) is 7.46. The van der Waals surface area contributed by atoms with Crippen LogP contribution in [0.4, 0.5) is 0 Å². The molecule has 4 N–H and O–H groups in total. The van der Waals surface area contributed by atoms with Crippen molar-refractivity contribution in [3.8, 4) is 5.75 Å². The molecule has 0 saturated heterocycles. The SMILES string of the molecule is C=CCOC(=O)[C@H](CCCN=C(N)NS(=O)(=O)c1c(C)c(C)c2c(c1C)OC(C)(C)C2)NC(C)(C)C. The number of nitrogens with one attached hydrogen (secondary N) is 2. The van der Waals surface area contributed by atoms with E-state index >= 15 is 0 Å². The Hall–Kier alpha value is -2.59. The first kappa shape index (κ1) is 29.6. The van der Waals surface area contributed by atoms with Crippen molar-refractivity contribution in [2.45, 2.75) is 96.7 Å². The van der Waals surface area contributed by atoms with Crippen LogP contribution in [0.1, 0.15) is 69.7 Å². The summed E-state index contributed by atoms with van der Waals surface area (Å²) in [7, 11) is -3.99. The van der Waals surface area contributed by atoms with Gasteiger partial charge in [-0.3, -0.25) is 15.1 Å². The molecule has 0 aromatic heterocycles. The zero-order valence-corrected chi connectivity index (χ0v) is 23.7. The summed E-state index contributed by atoms with van der Waals surface area (Å²) < 4.78 is 40.2. The minimum Gasteiger partial charge on any atom is -0.487 e. The molecule has 0 spiro atoms. The number of benzene rings is 1. The number of sulfonamides is 1. The predicted molar refractivity (Wildman–Crippen MR) is 143 cm³/mol. The van der Waals surface area contributed by atoms with Gasteiger partial charge in [0, 0.05) is 29.6 Å². The number of fused-ring (bicyclic) bond motifs is 1. The van der Waals surface area contributed by atoms with Crippen molar-refractivity contribution in [1.29, 1.82) is 0 Å². The number of nitrogens with two attached hydrogens (primary N) is 1. The number of carbonyl (C=O) groups is 1. The van der Waals surface area contributed by atoms with Crippen LogP contribution in [-0.4, -0.2) is 50.7 Å². The molecule has 1 aromatic rings. The minimum atomic E-state index is -3.99. The summed E-state index contributed by atoms with van der Waals surface area (Å²) >= 11 is 0.